The molecule has 11 nitrogen and oxygen atoms in total. The van der Waals surface area contributed by atoms with Crippen LogP contribution in [0.25, 0.3) is 0 Å². The van der Waals surface area contributed by atoms with Crippen LogP contribution in [0.4, 0.5) is 5.69 Å². The average Bonchev–Trinajstić information content (AvgIpc) is 2.80. The molecule has 39 heavy (non-hydrogen) atoms. The fraction of sp³-hybridized carbons (Fsp3) is 0.560. The Morgan fingerprint density at radius 3 is 2.26 bits per heavy atom. The number of fused-ring (bicyclic) bond motifs is 1. The predicted octanol–water partition coefficient (Wildman–Crippen LogP) is 5.59. The number of non-ortho nitro benzene ring substituents is 1. The molecule has 1 aromatic rings. The third-order valence-electron chi connectivity index (χ3n) is 5.37. The Hall–Kier alpha value is -2.18. The summed E-state index contributed by atoms with van der Waals surface area (Å²) in [7, 11) is -4.14. The number of esters is 1. The van der Waals surface area contributed by atoms with E-state index in [9.17, 15) is 24.3 Å². The highest BCUT2D eigenvalue weighted by Gasteiger charge is 2.67. The van der Waals surface area contributed by atoms with E-state index >= 15 is 0 Å². The first-order valence-electron chi connectivity index (χ1n) is 12.1. The largest absolute Gasteiger partial charge is 0.461 e. The zero-order valence-electron chi connectivity index (χ0n) is 23.2. The standard InChI is InChI=1S/C25H34N3O8PS2/c1-16(29)34-14-18-15-39-22-25(38-8,26-13-17-9-11-19(12-10-17)28(31)32)21(30)27(22)20(18)37(33,35-23(2,3)4)36-24(5,6)7/h9-13,22H,14-15H2,1-8H3/t22-,25+/m1/s1. The van der Waals surface area contributed by atoms with Crippen molar-refractivity contribution in [2.24, 2.45) is 4.99 Å². The summed E-state index contributed by atoms with van der Waals surface area (Å²) in [5, 5.41) is 10.4. The van der Waals surface area contributed by atoms with E-state index in [0.717, 1.165) is 0 Å². The molecule has 2 aliphatic heterocycles. The van der Waals surface area contributed by atoms with Gasteiger partial charge in [-0.2, -0.15) is 0 Å². The van der Waals surface area contributed by atoms with Crippen LogP contribution >= 0.6 is 31.1 Å². The van der Waals surface area contributed by atoms with Crippen molar-refractivity contribution in [3.8, 4) is 0 Å². The number of carbonyl (C=O) groups excluding carboxylic acids is 2. The molecule has 0 aromatic heterocycles. The third-order valence-corrected chi connectivity index (χ3v) is 10.7. The number of nitro benzene ring substituents is 1. The Morgan fingerprint density at radius 2 is 1.79 bits per heavy atom. The first-order chi connectivity index (χ1) is 17.9. The maximum absolute atomic E-state index is 14.6. The van der Waals surface area contributed by atoms with E-state index in [4.69, 9.17) is 13.8 Å². The molecule has 14 heteroatoms. The second-order valence-corrected chi connectivity index (χ2v) is 14.8. The quantitative estimate of drug-likeness (QED) is 0.0882. The van der Waals surface area contributed by atoms with Crippen molar-refractivity contribution < 1.29 is 32.9 Å². The van der Waals surface area contributed by atoms with Gasteiger partial charge in [-0.1, -0.05) is 0 Å². The van der Waals surface area contributed by atoms with E-state index in [1.807, 2.05) is 0 Å². The van der Waals surface area contributed by atoms with E-state index in [1.165, 1.54) is 53.7 Å². The fourth-order valence-electron chi connectivity index (χ4n) is 3.96. The molecule has 1 aromatic carbocycles. The van der Waals surface area contributed by atoms with Gasteiger partial charge in [0.2, 0.25) is 4.87 Å². The lowest BCUT2D eigenvalue weighted by Gasteiger charge is -2.56. The van der Waals surface area contributed by atoms with Gasteiger partial charge in [-0.05, 0) is 65.5 Å². The predicted molar refractivity (Wildman–Crippen MR) is 153 cm³/mol. The number of aliphatic imine (C=N–C) groups is 1. The number of nitro groups is 1. The van der Waals surface area contributed by atoms with Gasteiger partial charge in [-0.3, -0.25) is 43.2 Å². The Kier molecular flexibility index (Phi) is 9.13. The van der Waals surface area contributed by atoms with E-state index < -0.39 is 45.8 Å². The molecular formula is C25H34N3O8PS2. The van der Waals surface area contributed by atoms with Crippen molar-refractivity contribution in [1.29, 1.82) is 0 Å². The van der Waals surface area contributed by atoms with Crippen molar-refractivity contribution in [3.63, 3.8) is 0 Å². The molecule has 2 atom stereocenters. The van der Waals surface area contributed by atoms with E-state index in [2.05, 4.69) is 4.99 Å². The number of thioether (sulfide) groups is 2. The molecule has 3 rings (SSSR count). The lowest BCUT2D eigenvalue weighted by molar-refractivity contribution is -0.384. The van der Waals surface area contributed by atoms with Crippen LogP contribution in [0.5, 0.6) is 0 Å². The smallest absolute Gasteiger partial charge is 0.378 e. The highest BCUT2D eigenvalue weighted by molar-refractivity contribution is 8.05. The summed E-state index contributed by atoms with van der Waals surface area (Å²) in [5.41, 5.74) is -0.699. The number of carbonyl (C=O) groups is 2. The van der Waals surface area contributed by atoms with Crippen LogP contribution in [0, 0.1) is 10.1 Å². The Bertz CT molecular complexity index is 1230. The van der Waals surface area contributed by atoms with Crippen molar-refractivity contribution >= 4 is 54.9 Å². The van der Waals surface area contributed by atoms with Crippen LogP contribution in [0.3, 0.4) is 0 Å². The summed E-state index contributed by atoms with van der Waals surface area (Å²) in [6, 6.07) is 5.83. The summed E-state index contributed by atoms with van der Waals surface area (Å²) < 4.78 is 32.0. The summed E-state index contributed by atoms with van der Waals surface area (Å²) in [6.07, 6.45) is 3.27. The van der Waals surface area contributed by atoms with Crippen LogP contribution in [0.15, 0.2) is 40.3 Å². The normalized spacial score (nSPS) is 22.1. The Labute approximate surface area is 236 Å². The average molecular weight is 600 g/mol. The monoisotopic (exact) mass is 599 g/mol. The molecule has 0 bridgehead atoms. The molecule has 1 saturated heterocycles. The lowest BCUT2D eigenvalue weighted by Crippen LogP contribution is -2.70. The van der Waals surface area contributed by atoms with Crippen LogP contribution < -0.4 is 0 Å². The molecule has 0 spiro atoms. The number of hydrogen-bond acceptors (Lipinski definition) is 11. The summed E-state index contributed by atoms with van der Waals surface area (Å²) >= 11 is 2.65. The number of β-lactam (4-membered cyclic amide) rings is 1. The van der Waals surface area contributed by atoms with Gasteiger partial charge in [-0.15, -0.1) is 23.5 Å². The lowest BCUT2D eigenvalue weighted by atomic mass is 10.1. The Morgan fingerprint density at radius 1 is 1.23 bits per heavy atom. The molecule has 214 valence electrons. The maximum Gasteiger partial charge on any atom is 0.378 e. The van der Waals surface area contributed by atoms with Gasteiger partial charge in [0.1, 0.15) is 17.4 Å². The second-order valence-electron chi connectivity index (χ2n) is 11.0. The highest BCUT2D eigenvalue weighted by atomic mass is 32.2. The molecule has 2 aliphatic rings. The number of rotatable bonds is 9. The van der Waals surface area contributed by atoms with Gasteiger partial charge in [0, 0.05) is 36.6 Å². The van der Waals surface area contributed by atoms with E-state index in [-0.39, 0.29) is 17.7 Å². The van der Waals surface area contributed by atoms with Crippen molar-refractivity contribution in [2.45, 2.75) is 69.9 Å². The zero-order chi connectivity index (χ0) is 29.4. The van der Waals surface area contributed by atoms with Crippen LogP contribution in [-0.4, -0.2) is 68.0 Å². The SMILES string of the molecule is CS[C@@]1(N=Cc2ccc([N+](=O)[O-])cc2)C(=O)N2C(P(=O)(OC(C)(C)C)OC(C)(C)C)=C(COC(C)=O)CS[C@@H]21. The molecule has 0 radical (unpaired) electrons. The van der Waals surface area contributed by atoms with Gasteiger partial charge in [-0.25, -0.2) is 0 Å². The van der Waals surface area contributed by atoms with Gasteiger partial charge in [0.15, 0.2) is 0 Å². The first kappa shape index (κ1) is 31.3. The minimum absolute atomic E-state index is 0.0519. The molecule has 1 amide bonds. The van der Waals surface area contributed by atoms with Crippen molar-refractivity contribution in [2.75, 3.05) is 18.6 Å². The topological polar surface area (TPSA) is 138 Å². The van der Waals surface area contributed by atoms with Crippen LogP contribution in [-0.2, 0) is 27.9 Å². The third kappa shape index (κ3) is 6.94. The van der Waals surface area contributed by atoms with Crippen molar-refractivity contribution in [3.05, 3.63) is 51.0 Å². The molecule has 0 aliphatic carbocycles. The van der Waals surface area contributed by atoms with Gasteiger partial charge >= 0.3 is 13.6 Å². The van der Waals surface area contributed by atoms with Gasteiger partial charge in [0.05, 0.1) is 16.1 Å². The fourth-order valence-corrected chi connectivity index (χ4v) is 9.35. The molecule has 0 unspecified atom stereocenters. The summed E-state index contributed by atoms with van der Waals surface area (Å²) in [6.45, 7) is 11.6. The maximum atomic E-state index is 14.6. The molecule has 1 fully saturated rings. The number of benzene rings is 1. The van der Waals surface area contributed by atoms with E-state index in [0.29, 0.717) is 16.9 Å². The number of hydrogen-bond donors (Lipinski definition) is 0. The second kappa shape index (κ2) is 11.4. The van der Waals surface area contributed by atoms with Gasteiger partial charge < -0.3 is 4.74 Å². The summed E-state index contributed by atoms with van der Waals surface area (Å²) in [5.74, 6) is -0.633. The molecule has 0 N–H and O–H groups in total. The number of nitrogens with zero attached hydrogens (tertiary/aromatic N) is 3. The van der Waals surface area contributed by atoms with Gasteiger partial charge in [0.25, 0.3) is 11.6 Å². The Balaban J connectivity index is 2.07. The molecule has 0 saturated carbocycles. The summed E-state index contributed by atoms with van der Waals surface area (Å²) in [4.78, 5) is 40.8. The number of ether oxygens (including phenoxy) is 1. The number of amides is 1. The van der Waals surface area contributed by atoms with E-state index in [1.54, 1.807) is 59.9 Å². The first-order valence-corrected chi connectivity index (χ1v) is 15.9. The minimum Gasteiger partial charge on any atom is -0.461 e. The molecule has 2 heterocycles. The van der Waals surface area contributed by atoms with Crippen LogP contribution in [0.1, 0.15) is 54.0 Å². The van der Waals surface area contributed by atoms with Crippen LogP contribution in [0.2, 0.25) is 0 Å². The minimum atomic E-state index is -4.14. The zero-order valence-corrected chi connectivity index (χ0v) is 25.8. The van der Waals surface area contributed by atoms with Crippen molar-refractivity contribution in [1.82, 2.24) is 4.90 Å². The molecular weight excluding hydrogens is 565 g/mol. The highest BCUT2D eigenvalue weighted by Crippen LogP contribution is 2.68.